The van der Waals surface area contributed by atoms with E-state index >= 15 is 0 Å². The molecule has 1 aromatic rings. The molecule has 0 spiro atoms. The number of rotatable bonds is 7. The molecule has 0 radical (unpaired) electrons. The Morgan fingerprint density at radius 1 is 1.16 bits per heavy atom. The van der Waals surface area contributed by atoms with Gasteiger partial charge in [-0.3, -0.25) is 4.79 Å². The van der Waals surface area contributed by atoms with Crippen LogP contribution in [0.15, 0.2) is 41.4 Å². The standard InChI is InChI=1S/C24H33N5O3.H2/c25-12-5-10-22(26)27-24(31)29-15-13-28(14-16-29)23(30)20-8-4-9-21(18-20)32-17-11-19-6-2-1-3-7-19;/h4-5,8-10,12,18-19,25H,1-3,6-7,11,13-17H2,(H2,26,27,31);1H/b10-5-,25-12?;. The van der Waals surface area contributed by atoms with Crippen molar-refractivity contribution in [2.75, 3.05) is 32.8 Å². The van der Waals surface area contributed by atoms with Crippen LogP contribution in [0.5, 0.6) is 5.75 Å². The van der Waals surface area contributed by atoms with Gasteiger partial charge in [-0.25, -0.2) is 4.79 Å². The van der Waals surface area contributed by atoms with Gasteiger partial charge < -0.3 is 25.7 Å². The highest BCUT2D eigenvalue weighted by Gasteiger charge is 2.25. The average molecular weight is 442 g/mol. The van der Waals surface area contributed by atoms with Crippen LogP contribution in [0.25, 0.3) is 0 Å². The Morgan fingerprint density at radius 3 is 2.59 bits per heavy atom. The molecule has 2 fully saturated rings. The lowest BCUT2D eigenvalue weighted by molar-refractivity contribution is 0.0669. The van der Waals surface area contributed by atoms with Crippen LogP contribution in [0.3, 0.4) is 0 Å². The maximum Gasteiger partial charge on any atom is 0.345 e. The lowest BCUT2D eigenvalue weighted by Gasteiger charge is -2.33. The van der Waals surface area contributed by atoms with Crippen molar-refractivity contribution in [3.8, 4) is 5.75 Å². The Labute approximate surface area is 191 Å². The molecule has 1 saturated heterocycles. The fraction of sp³-hybridized carbons (Fsp3) is 0.500. The number of nitrogens with two attached hydrogens (primary N) is 1. The van der Waals surface area contributed by atoms with Crippen molar-refractivity contribution in [2.45, 2.75) is 38.5 Å². The van der Waals surface area contributed by atoms with Gasteiger partial charge in [-0.15, -0.1) is 0 Å². The number of allylic oxidation sites excluding steroid dienone is 1. The summed E-state index contributed by atoms with van der Waals surface area (Å²) in [4.78, 5) is 32.3. The molecule has 1 aromatic carbocycles. The number of benzene rings is 1. The Hall–Kier alpha value is -3.16. The zero-order valence-corrected chi connectivity index (χ0v) is 18.5. The van der Waals surface area contributed by atoms with Crippen molar-refractivity contribution in [2.24, 2.45) is 16.6 Å². The van der Waals surface area contributed by atoms with Crippen LogP contribution in [0.2, 0.25) is 0 Å². The molecule has 174 valence electrons. The number of hydrogen-bond donors (Lipinski definition) is 2. The Kier molecular flexibility index (Phi) is 8.83. The summed E-state index contributed by atoms with van der Waals surface area (Å²) in [6, 6.07) is 6.92. The zero-order valence-electron chi connectivity index (χ0n) is 18.5. The van der Waals surface area contributed by atoms with Gasteiger partial charge in [0.05, 0.1) is 6.61 Å². The first-order valence-electron chi connectivity index (χ1n) is 11.4. The summed E-state index contributed by atoms with van der Waals surface area (Å²) >= 11 is 0. The van der Waals surface area contributed by atoms with Crippen molar-refractivity contribution in [1.82, 2.24) is 9.80 Å². The predicted octanol–water partition coefficient (Wildman–Crippen LogP) is 3.72. The summed E-state index contributed by atoms with van der Waals surface area (Å²) < 4.78 is 5.93. The van der Waals surface area contributed by atoms with Gasteiger partial charge in [-0.2, -0.15) is 4.99 Å². The van der Waals surface area contributed by atoms with E-state index in [1.165, 1.54) is 44.3 Å². The number of nitrogens with zero attached hydrogens (tertiary/aromatic N) is 3. The van der Waals surface area contributed by atoms with E-state index < -0.39 is 6.03 Å². The van der Waals surface area contributed by atoms with Crippen LogP contribution < -0.4 is 10.5 Å². The molecule has 32 heavy (non-hydrogen) atoms. The molecule has 3 amide bonds. The summed E-state index contributed by atoms with van der Waals surface area (Å²) in [5.74, 6) is 1.48. The van der Waals surface area contributed by atoms with Gasteiger partial charge in [0.1, 0.15) is 11.6 Å². The first-order chi connectivity index (χ1) is 15.6. The van der Waals surface area contributed by atoms with E-state index in [0.717, 1.165) is 24.3 Å². The fourth-order valence-corrected chi connectivity index (χ4v) is 4.19. The van der Waals surface area contributed by atoms with Gasteiger partial charge in [0.2, 0.25) is 0 Å². The third-order valence-electron chi connectivity index (χ3n) is 6.03. The van der Waals surface area contributed by atoms with E-state index in [0.29, 0.717) is 38.3 Å². The van der Waals surface area contributed by atoms with Gasteiger partial charge >= 0.3 is 6.03 Å². The van der Waals surface area contributed by atoms with Crippen molar-refractivity contribution in [3.63, 3.8) is 0 Å². The van der Waals surface area contributed by atoms with Gasteiger partial charge in [0.25, 0.3) is 5.91 Å². The molecule has 1 heterocycles. The number of amidine groups is 1. The molecular formula is C24H35N5O3. The molecule has 0 atom stereocenters. The molecule has 2 aliphatic rings. The summed E-state index contributed by atoms with van der Waals surface area (Å²) in [5, 5.41) is 6.93. The number of aliphatic imine (C=N–C) groups is 1. The zero-order chi connectivity index (χ0) is 22.8. The lowest BCUT2D eigenvalue weighted by Crippen LogP contribution is -2.50. The van der Waals surface area contributed by atoms with Gasteiger partial charge in [-0.05, 0) is 42.7 Å². The number of nitrogens with one attached hydrogen (secondary N) is 1. The molecule has 8 nitrogen and oxygen atoms in total. The number of carbonyl (C=O) groups excluding carboxylic acids is 2. The SMILES string of the molecule is N=C/C=C\C(N)=N\C(=O)N1CCN(C(=O)c2cccc(OCCC3CCCCC3)c2)CC1.[HH]. The molecule has 1 saturated carbocycles. The number of urea groups is 1. The predicted molar refractivity (Wildman–Crippen MR) is 128 cm³/mol. The van der Waals surface area contributed by atoms with Crippen LogP contribution in [-0.2, 0) is 0 Å². The minimum Gasteiger partial charge on any atom is -0.494 e. The first kappa shape index (κ1) is 23.5. The number of hydrogen-bond acceptors (Lipinski definition) is 4. The normalized spacial score (nSPS) is 18.1. The van der Waals surface area contributed by atoms with Gasteiger partial charge in [0.15, 0.2) is 0 Å². The minimum absolute atomic E-state index is 0. The monoisotopic (exact) mass is 441 g/mol. The maximum absolute atomic E-state index is 12.9. The maximum atomic E-state index is 12.9. The lowest BCUT2D eigenvalue weighted by atomic mass is 9.87. The number of carbonyl (C=O) groups is 2. The molecule has 1 aliphatic carbocycles. The third-order valence-corrected chi connectivity index (χ3v) is 6.03. The smallest absolute Gasteiger partial charge is 0.345 e. The van der Waals surface area contributed by atoms with Crippen LogP contribution in [-0.4, -0.2) is 66.6 Å². The number of ether oxygens (including phenoxy) is 1. The summed E-state index contributed by atoms with van der Waals surface area (Å²) in [6.07, 6.45) is 11.5. The molecule has 8 heteroatoms. The molecule has 3 rings (SSSR count). The van der Waals surface area contributed by atoms with Crippen molar-refractivity contribution in [1.29, 1.82) is 5.41 Å². The van der Waals surface area contributed by atoms with Crippen LogP contribution in [0, 0.1) is 11.3 Å². The highest BCUT2D eigenvalue weighted by molar-refractivity contribution is 6.01. The summed E-state index contributed by atoms with van der Waals surface area (Å²) in [7, 11) is 0. The Bertz CT molecular complexity index is 859. The summed E-state index contributed by atoms with van der Waals surface area (Å²) in [5.41, 5.74) is 6.24. The molecule has 0 bridgehead atoms. The van der Waals surface area contributed by atoms with Crippen LogP contribution in [0.1, 0.15) is 50.3 Å². The molecule has 0 unspecified atom stereocenters. The quantitative estimate of drug-likeness (QED) is 0.496. The topological polar surface area (TPSA) is 112 Å². The highest BCUT2D eigenvalue weighted by atomic mass is 16.5. The van der Waals surface area contributed by atoms with Crippen molar-refractivity contribution >= 4 is 24.0 Å². The van der Waals surface area contributed by atoms with Gasteiger partial charge in [0, 0.05) is 39.4 Å². The van der Waals surface area contributed by atoms with Crippen LogP contribution in [0.4, 0.5) is 4.79 Å². The van der Waals surface area contributed by atoms with E-state index in [4.69, 9.17) is 15.9 Å². The molecule has 3 N–H and O–H groups in total. The molecule has 0 aromatic heterocycles. The largest absolute Gasteiger partial charge is 0.494 e. The van der Waals surface area contributed by atoms with Crippen molar-refractivity contribution in [3.05, 3.63) is 42.0 Å². The average Bonchev–Trinajstić information content (AvgIpc) is 2.83. The second-order valence-electron chi connectivity index (χ2n) is 8.29. The summed E-state index contributed by atoms with van der Waals surface area (Å²) in [6.45, 7) is 2.34. The highest BCUT2D eigenvalue weighted by Crippen LogP contribution is 2.26. The van der Waals surface area contributed by atoms with E-state index in [-0.39, 0.29) is 13.2 Å². The number of amides is 3. The fourth-order valence-electron chi connectivity index (χ4n) is 4.19. The van der Waals surface area contributed by atoms with Crippen molar-refractivity contribution < 1.29 is 15.8 Å². The van der Waals surface area contributed by atoms with Gasteiger partial charge in [-0.1, -0.05) is 38.2 Å². The second-order valence-corrected chi connectivity index (χ2v) is 8.29. The van der Waals surface area contributed by atoms with E-state index in [2.05, 4.69) is 4.99 Å². The molecule has 1 aliphatic heterocycles. The number of piperazine rings is 1. The third kappa shape index (κ3) is 6.93. The van der Waals surface area contributed by atoms with E-state index in [9.17, 15) is 9.59 Å². The second kappa shape index (κ2) is 12.0. The van der Waals surface area contributed by atoms with E-state index in [1.54, 1.807) is 21.9 Å². The van der Waals surface area contributed by atoms with Crippen LogP contribution >= 0.6 is 0 Å². The minimum atomic E-state index is -0.433. The first-order valence-corrected chi connectivity index (χ1v) is 11.4. The van der Waals surface area contributed by atoms with E-state index in [1.807, 2.05) is 12.1 Å². The molecular weight excluding hydrogens is 406 g/mol. The Balaban J connectivity index is 0.00000385. The Morgan fingerprint density at radius 2 is 1.88 bits per heavy atom.